The summed E-state index contributed by atoms with van der Waals surface area (Å²) in [6, 6.07) is 12.2. The van der Waals surface area contributed by atoms with E-state index < -0.39 is 0 Å². The second kappa shape index (κ2) is 11.9. The first-order chi connectivity index (χ1) is 12.8. The van der Waals surface area contributed by atoms with E-state index in [2.05, 4.69) is 22.3 Å². The average Bonchev–Trinajstić information content (AvgIpc) is 3.21. The molecule has 148 valence electrons. The van der Waals surface area contributed by atoms with Gasteiger partial charge in [0.2, 0.25) is 0 Å². The van der Waals surface area contributed by atoms with E-state index in [1.165, 1.54) is 24.8 Å². The van der Waals surface area contributed by atoms with Gasteiger partial charge in [0.05, 0.1) is 13.4 Å². The molecule has 1 N–H and O–H groups in total. The summed E-state index contributed by atoms with van der Waals surface area (Å²) < 4.78 is 10.6. The van der Waals surface area contributed by atoms with Gasteiger partial charge in [0.1, 0.15) is 11.5 Å². The maximum atomic E-state index is 5.41. The molecule has 1 saturated heterocycles. The van der Waals surface area contributed by atoms with Crippen LogP contribution < -0.4 is 10.1 Å². The van der Waals surface area contributed by atoms with Crippen LogP contribution in [0.15, 0.2) is 52.1 Å². The lowest BCUT2D eigenvalue weighted by Gasteiger charge is -2.30. The molecule has 1 aromatic carbocycles. The molecule has 1 aromatic heterocycles. The minimum atomic E-state index is 0. The van der Waals surface area contributed by atoms with Crippen molar-refractivity contribution in [1.29, 1.82) is 0 Å². The molecule has 0 saturated carbocycles. The Bertz CT molecular complexity index is 665. The summed E-state index contributed by atoms with van der Waals surface area (Å²) >= 11 is 0. The van der Waals surface area contributed by atoms with Gasteiger partial charge in [-0.25, -0.2) is 0 Å². The SMILES string of the molecule is COc1ccc(CCNC(=NCCc2ccco2)N2CCCCC2)cc1.I. The van der Waals surface area contributed by atoms with Gasteiger partial charge in [-0.3, -0.25) is 4.99 Å². The molecule has 0 atom stereocenters. The highest BCUT2D eigenvalue weighted by molar-refractivity contribution is 14.0. The van der Waals surface area contributed by atoms with Crippen molar-refractivity contribution in [3.05, 3.63) is 54.0 Å². The zero-order valence-electron chi connectivity index (χ0n) is 16.0. The number of hydrogen-bond donors (Lipinski definition) is 1. The Kier molecular flexibility index (Phi) is 9.52. The van der Waals surface area contributed by atoms with Gasteiger partial charge in [-0.15, -0.1) is 24.0 Å². The Morgan fingerprint density at radius 3 is 2.56 bits per heavy atom. The number of nitrogens with zero attached hydrogens (tertiary/aromatic N) is 2. The van der Waals surface area contributed by atoms with E-state index in [-0.39, 0.29) is 24.0 Å². The van der Waals surface area contributed by atoms with Gasteiger partial charge in [0.25, 0.3) is 0 Å². The topological polar surface area (TPSA) is 50.0 Å². The van der Waals surface area contributed by atoms with Crippen molar-refractivity contribution in [2.45, 2.75) is 32.1 Å². The Hall–Kier alpha value is -1.70. The molecule has 0 radical (unpaired) electrons. The molecular weight excluding hydrogens is 453 g/mol. The third-order valence-electron chi connectivity index (χ3n) is 4.71. The van der Waals surface area contributed by atoms with Crippen molar-refractivity contribution in [3.8, 4) is 5.75 Å². The lowest BCUT2D eigenvalue weighted by atomic mass is 10.1. The number of furan rings is 1. The summed E-state index contributed by atoms with van der Waals surface area (Å²) in [6.07, 6.45) is 7.34. The maximum absolute atomic E-state index is 5.41. The van der Waals surface area contributed by atoms with E-state index in [0.29, 0.717) is 0 Å². The van der Waals surface area contributed by atoms with Gasteiger partial charge < -0.3 is 19.4 Å². The summed E-state index contributed by atoms with van der Waals surface area (Å²) in [7, 11) is 1.70. The van der Waals surface area contributed by atoms with E-state index in [4.69, 9.17) is 14.1 Å². The third-order valence-corrected chi connectivity index (χ3v) is 4.71. The number of nitrogens with one attached hydrogen (secondary N) is 1. The first kappa shape index (κ1) is 21.6. The van der Waals surface area contributed by atoms with Crippen LogP contribution in [0.25, 0.3) is 0 Å². The molecule has 27 heavy (non-hydrogen) atoms. The second-order valence-electron chi connectivity index (χ2n) is 6.61. The van der Waals surface area contributed by atoms with Crippen LogP contribution in [0.5, 0.6) is 5.75 Å². The van der Waals surface area contributed by atoms with Crippen LogP contribution in [0.1, 0.15) is 30.6 Å². The molecule has 0 spiro atoms. The Morgan fingerprint density at radius 1 is 1.11 bits per heavy atom. The van der Waals surface area contributed by atoms with Crippen LogP contribution >= 0.6 is 24.0 Å². The Morgan fingerprint density at radius 2 is 1.89 bits per heavy atom. The molecule has 6 heteroatoms. The van der Waals surface area contributed by atoms with Crippen LogP contribution in [0, 0.1) is 0 Å². The van der Waals surface area contributed by atoms with Crippen molar-refractivity contribution in [2.24, 2.45) is 4.99 Å². The molecular formula is C21H30IN3O2. The highest BCUT2D eigenvalue weighted by Gasteiger charge is 2.14. The number of halogens is 1. The lowest BCUT2D eigenvalue weighted by molar-refractivity contribution is 0.331. The van der Waals surface area contributed by atoms with Crippen LogP contribution in [-0.2, 0) is 12.8 Å². The predicted molar refractivity (Wildman–Crippen MR) is 120 cm³/mol. The monoisotopic (exact) mass is 483 g/mol. The van der Waals surface area contributed by atoms with Crippen LogP contribution in [0.4, 0.5) is 0 Å². The average molecular weight is 483 g/mol. The van der Waals surface area contributed by atoms with Gasteiger partial charge in [-0.2, -0.15) is 0 Å². The molecule has 1 aliphatic heterocycles. The van der Waals surface area contributed by atoms with Crippen molar-refractivity contribution in [2.75, 3.05) is 33.3 Å². The molecule has 5 nitrogen and oxygen atoms in total. The number of rotatable bonds is 7. The zero-order chi connectivity index (χ0) is 18.0. The summed E-state index contributed by atoms with van der Waals surface area (Å²) in [4.78, 5) is 7.22. The van der Waals surface area contributed by atoms with Gasteiger partial charge in [0.15, 0.2) is 5.96 Å². The first-order valence-electron chi connectivity index (χ1n) is 9.54. The maximum Gasteiger partial charge on any atom is 0.193 e. The van der Waals surface area contributed by atoms with Crippen molar-refractivity contribution in [3.63, 3.8) is 0 Å². The van der Waals surface area contributed by atoms with E-state index >= 15 is 0 Å². The zero-order valence-corrected chi connectivity index (χ0v) is 18.4. The highest BCUT2D eigenvalue weighted by atomic mass is 127. The standard InChI is InChI=1S/C21H29N3O2.HI/c1-25-19-9-7-18(8-10-19)11-13-22-21(24-15-3-2-4-16-24)23-14-12-20-6-5-17-26-20;/h5-10,17H,2-4,11-16H2,1H3,(H,22,23);1H. The second-order valence-corrected chi connectivity index (χ2v) is 6.61. The van der Waals surface area contributed by atoms with Gasteiger partial charge >= 0.3 is 0 Å². The van der Waals surface area contributed by atoms with Crippen LogP contribution in [0.3, 0.4) is 0 Å². The number of guanidine groups is 1. The minimum Gasteiger partial charge on any atom is -0.497 e. The molecule has 1 fully saturated rings. The fourth-order valence-electron chi connectivity index (χ4n) is 3.21. The van der Waals surface area contributed by atoms with E-state index in [1.807, 2.05) is 24.3 Å². The van der Waals surface area contributed by atoms with Gasteiger partial charge in [0, 0.05) is 32.6 Å². The van der Waals surface area contributed by atoms with Crippen molar-refractivity contribution < 1.29 is 9.15 Å². The summed E-state index contributed by atoms with van der Waals surface area (Å²) in [6.45, 7) is 3.81. The number of hydrogen-bond acceptors (Lipinski definition) is 3. The molecule has 3 rings (SSSR count). The number of likely N-dealkylation sites (tertiary alicyclic amines) is 1. The minimum absolute atomic E-state index is 0. The molecule has 0 aliphatic carbocycles. The van der Waals surface area contributed by atoms with Crippen LogP contribution in [-0.4, -0.2) is 44.1 Å². The smallest absolute Gasteiger partial charge is 0.193 e. The van der Waals surface area contributed by atoms with Crippen LogP contribution in [0.2, 0.25) is 0 Å². The number of benzene rings is 1. The molecule has 2 aromatic rings. The third kappa shape index (κ3) is 7.08. The molecule has 0 amide bonds. The van der Waals surface area contributed by atoms with Gasteiger partial charge in [-0.05, 0) is 55.5 Å². The summed E-state index contributed by atoms with van der Waals surface area (Å²) in [5.41, 5.74) is 1.30. The van der Waals surface area contributed by atoms with E-state index in [1.54, 1.807) is 13.4 Å². The largest absolute Gasteiger partial charge is 0.497 e. The van der Waals surface area contributed by atoms with E-state index in [0.717, 1.165) is 56.5 Å². The molecule has 1 aliphatic rings. The Balaban J connectivity index is 0.00000261. The molecule has 0 unspecified atom stereocenters. The normalized spacial score (nSPS) is 14.6. The first-order valence-corrected chi connectivity index (χ1v) is 9.54. The van der Waals surface area contributed by atoms with E-state index in [9.17, 15) is 0 Å². The Labute approximate surface area is 179 Å². The lowest BCUT2D eigenvalue weighted by Crippen LogP contribution is -2.45. The number of piperidine rings is 1. The summed E-state index contributed by atoms with van der Waals surface area (Å²) in [5.74, 6) is 2.92. The number of methoxy groups -OCH3 is 1. The fourth-order valence-corrected chi connectivity index (χ4v) is 3.21. The molecule has 0 bridgehead atoms. The fraction of sp³-hybridized carbons (Fsp3) is 0.476. The molecule has 2 heterocycles. The summed E-state index contributed by atoms with van der Waals surface area (Å²) in [5, 5.41) is 3.56. The highest BCUT2D eigenvalue weighted by Crippen LogP contribution is 2.12. The number of ether oxygens (including phenoxy) is 1. The quantitative estimate of drug-likeness (QED) is 0.366. The van der Waals surface area contributed by atoms with Crippen molar-refractivity contribution in [1.82, 2.24) is 10.2 Å². The predicted octanol–water partition coefficient (Wildman–Crippen LogP) is 4.12. The number of aliphatic imine (C=N–C) groups is 1. The van der Waals surface area contributed by atoms with Crippen molar-refractivity contribution >= 4 is 29.9 Å². The van der Waals surface area contributed by atoms with Gasteiger partial charge in [-0.1, -0.05) is 12.1 Å².